The van der Waals surface area contributed by atoms with Gasteiger partial charge in [0.05, 0.1) is 17.9 Å². The first-order valence-electron chi connectivity index (χ1n) is 5.50. The first kappa shape index (κ1) is 11.7. The molecular weight excluding hydrogens is 219 g/mol. The van der Waals surface area contributed by atoms with Crippen molar-refractivity contribution in [2.24, 2.45) is 12.8 Å². The van der Waals surface area contributed by atoms with Crippen molar-refractivity contribution in [2.45, 2.75) is 18.9 Å². The Morgan fingerprint density at radius 2 is 2.35 bits per heavy atom. The van der Waals surface area contributed by atoms with Gasteiger partial charge in [-0.15, -0.1) is 0 Å². The zero-order chi connectivity index (χ0) is 12.3. The molecule has 2 rings (SSSR count). The van der Waals surface area contributed by atoms with Gasteiger partial charge in [0, 0.05) is 19.4 Å². The van der Waals surface area contributed by atoms with Crippen LogP contribution in [0.3, 0.4) is 0 Å². The summed E-state index contributed by atoms with van der Waals surface area (Å²) in [6.07, 6.45) is 6.70. The van der Waals surface area contributed by atoms with Crippen LogP contribution < -0.4 is 5.73 Å². The van der Waals surface area contributed by atoms with Crippen molar-refractivity contribution >= 4 is 0 Å². The molecule has 0 amide bonds. The molecule has 0 fully saturated rings. The van der Waals surface area contributed by atoms with Crippen LogP contribution in [-0.2, 0) is 13.5 Å². The van der Waals surface area contributed by atoms with E-state index in [9.17, 15) is 4.39 Å². The zero-order valence-electron chi connectivity index (χ0n) is 9.68. The van der Waals surface area contributed by atoms with E-state index in [1.165, 1.54) is 6.07 Å². The molecular formula is C12H15FN4. The van der Waals surface area contributed by atoms with Crippen molar-refractivity contribution in [2.75, 3.05) is 0 Å². The Kier molecular flexibility index (Phi) is 3.49. The maximum Gasteiger partial charge on any atom is 0.146 e. The van der Waals surface area contributed by atoms with Gasteiger partial charge in [0.25, 0.3) is 0 Å². The number of halogens is 1. The van der Waals surface area contributed by atoms with Gasteiger partial charge in [-0.2, -0.15) is 5.10 Å². The molecule has 1 atom stereocenters. The molecule has 1 unspecified atom stereocenters. The molecule has 0 aliphatic rings. The van der Waals surface area contributed by atoms with E-state index in [0.29, 0.717) is 12.1 Å². The molecule has 0 aliphatic carbocycles. The van der Waals surface area contributed by atoms with Crippen molar-refractivity contribution < 1.29 is 4.39 Å². The van der Waals surface area contributed by atoms with Gasteiger partial charge in [-0.25, -0.2) is 4.39 Å². The fourth-order valence-electron chi connectivity index (χ4n) is 1.73. The highest BCUT2D eigenvalue weighted by Crippen LogP contribution is 2.17. The average Bonchev–Trinajstić information content (AvgIpc) is 2.73. The van der Waals surface area contributed by atoms with Crippen LogP contribution in [0.1, 0.15) is 23.7 Å². The molecule has 0 aliphatic heterocycles. The second-order valence-corrected chi connectivity index (χ2v) is 4.04. The third-order valence-electron chi connectivity index (χ3n) is 2.64. The highest BCUT2D eigenvalue weighted by molar-refractivity contribution is 5.12. The van der Waals surface area contributed by atoms with Crippen LogP contribution in [-0.4, -0.2) is 14.8 Å². The molecule has 0 spiro atoms. The largest absolute Gasteiger partial charge is 0.323 e. The molecule has 2 heterocycles. The van der Waals surface area contributed by atoms with Gasteiger partial charge in [-0.1, -0.05) is 0 Å². The lowest BCUT2D eigenvalue weighted by Crippen LogP contribution is -2.14. The Labute approximate surface area is 99.3 Å². The van der Waals surface area contributed by atoms with Gasteiger partial charge in [0.2, 0.25) is 0 Å². The van der Waals surface area contributed by atoms with Crippen molar-refractivity contribution in [3.63, 3.8) is 0 Å². The summed E-state index contributed by atoms with van der Waals surface area (Å²) in [7, 11) is 1.86. The number of nitrogens with zero attached hydrogens (tertiary/aromatic N) is 3. The smallest absolute Gasteiger partial charge is 0.146 e. The summed E-state index contributed by atoms with van der Waals surface area (Å²) in [5.74, 6) is -0.341. The lowest BCUT2D eigenvalue weighted by atomic mass is 10.1. The van der Waals surface area contributed by atoms with Crippen molar-refractivity contribution in [1.82, 2.24) is 14.8 Å². The van der Waals surface area contributed by atoms with Crippen LogP contribution in [0.25, 0.3) is 0 Å². The molecule has 2 aromatic heterocycles. The maximum absolute atomic E-state index is 13.4. The third kappa shape index (κ3) is 2.88. The van der Waals surface area contributed by atoms with E-state index in [1.54, 1.807) is 23.1 Å². The number of pyridine rings is 1. The van der Waals surface area contributed by atoms with Gasteiger partial charge >= 0.3 is 0 Å². The topological polar surface area (TPSA) is 56.7 Å². The van der Waals surface area contributed by atoms with Gasteiger partial charge in [-0.05, 0) is 30.5 Å². The molecule has 0 bridgehead atoms. The summed E-state index contributed by atoms with van der Waals surface area (Å²) >= 11 is 0. The monoisotopic (exact) mass is 234 g/mol. The number of nitrogens with two attached hydrogens (primary N) is 1. The van der Waals surface area contributed by atoms with Crippen LogP contribution >= 0.6 is 0 Å². The van der Waals surface area contributed by atoms with E-state index in [0.717, 1.165) is 12.0 Å². The van der Waals surface area contributed by atoms with Gasteiger partial charge in [0.15, 0.2) is 0 Å². The quantitative estimate of drug-likeness (QED) is 0.874. The minimum atomic E-state index is -0.378. The van der Waals surface area contributed by atoms with E-state index in [2.05, 4.69) is 10.1 Å². The molecule has 2 aromatic rings. The molecule has 5 heteroatoms. The van der Waals surface area contributed by atoms with E-state index in [-0.39, 0.29) is 11.9 Å². The van der Waals surface area contributed by atoms with Crippen LogP contribution in [0.4, 0.5) is 4.39 Å². The molecule has 0 radical (unpaired) electrons. The normalized spacial score (nSPS) is 12.6. The number of aromatic nitrogens is 3. The standard InChI is InChI=1S/C12H15FN4/c1-17-8-9(7-16-17)4-5-11(14)12-10(13)3-2-6-15-12/h2-3,6-8,11H,4-5,14H2,1H3. The summed E-state index contributed by atoms with van der Waals surface area (Å²) in [5.41, 5.74) is 7.35. The molecule has 90 valence electrons. The maximum atomic E-state index is 13.4. The summed E-state index contributed by atoms with van der Waals surface area (Å²) in [5, 5.41) is 4.07. The lowest BCUT2D eigenvalue weighted by Gasteiger charge is -2.10. The highest BCUT2D eigenvalue weighted by Gasteiger charge is 2.12. The first-order chi connectivity index (χ1) is 8.16. The summed E-state index contributed by atoms with van der Waals surface area (Å²) in [4.78, 5) is 3.97. The van der Waals surface area contributed by atoms with Crippen LogP contribution in [0.15, 0.2) is 30.7 Å². The molecule has 17 heavy (non-hydrogen) atoms. The first-order valence-corrected chi connectivity index (χ1v) is 5.50. The second-order valence-electron chi connectivity index (χ2n) is 4.04. The van der Waals surface area contributed by atoms with E-state index >= 15 is 0 Å². The van der Waals surface area contributed by atoms with Gasteiger partial charge in [0.1, 0.15) is 5.82 Å². The Morgan fingerprint density at radius 1 is 1.53 bits per heavy atom. The average molecular weight is 234 g/mol. The molecule has 2 N–H and O–H groups in total. The van der Waals surface area contributed by atoms with Crippen molar-refractivity contribution in [1.29, 1.82) is 0 Å². The molecule has 0 aromatic carbocycles. The Balaban J connectivity index is 1.98. The Bertz CT molecular complexity index is 495. The molecule has 0 saturated carbocycles. The minimum Gasteiger partial charge on any atom is -0.323 e. The predicted octanol–water partition coefficient (Wildman–Crippen LogP) is 1.59. The number of hydrogen-bond donors (Lipinski definition) is 1. The van der Waals surface area contributed by atoms with E-state index in [4.69, 9.17) is 5.73 Å². The second kappa shape index (κ2) is 5.05. The number of rotatable bonds is 4. The van der Waals surface area contributed by atoms with Crippen LogP contribution in [0.5, 0.6) is 0 Å². The number of aryl methyl sites for hydroxylation is 2. The van der Waals surface area contributed by atoms with Gasteiger partial charge < -0.3 is 5.73 Å². The Hall–Kier alpha value is -1.75. The number of hydrogen-bond acceptors (Lipinski definition) is 3. The summed E-state index contributed by atoms with van der Waals surface area (Å²) in [6, 6.07) is 2.57. The molecule has 4 nitrogen and oxygen atoms in total. The SMILES string of the molecule is Cn1cc(CCC(N)c2ncccc2F)cn1. The Morgan fingerprint density at radius 3 is 3.00 bits per heavy atom. The van der Waals surface area contributed by atoms with Crippen molar-refractivity contribution in [3.05, 3.63) is 47.8 Å². The predicted molar refractivity (Wildman–Crippen MR) is 62.7 cm³/mol. The highest BCUT2D eigenvalue weighted by atomic mass is 19.1. The lowest BCUT2D eigenvalue weighted by molar-refractivity contribution is 0.547. The van der Waals surface area contributed by atoms with E-state index < -0.39 is 0 Å². The summed E-state index contributed by atoms with van der Waals surface area (Å²) in [6.45, 7) is 0. The van der Waals surface area contributed by atoms with Crippen LogP contribution in [0, 0.1) is 5.82 Å². The fourth-order valence-corrected chi connectivity index (χ4v) is 1.73. The fraction of sp³-hybridized carbons (Fsp3) is 0.333. The van der Waals surface area contributed by atoms with Gasteiger partial charge in [-0.3, -0.25) is 9.67 Å². The van der Waals surface area contributed by atoms with Crippen molar-refractivity contribution in [3.8, 4) is 0 Å². The zero-order valence-corrected chi connectivity index (χ0v) is 9.68. The van der Waals surface area contributed by atoms with E-state index in [1.807, 2.05) is 13.2 Å². The minimum absolute atomic E-state index is 0.330. The third-order valence-corrected chi connectivity index (χ3v) is 2.64. The molecule has 0 saturated heterocycles. The summed E-state index contributed by atoms with van der Waals surface area (Å²) < 4.78 is 15.1. The van der Waals surface area contributed by atoms with Crippen LogP contribution in [0.2, 0.25) is 0 Å².